The molecule has 0 saturated carbocycles. The molecular formula is C17H24N4. The Morgan fingerprint density at radius 3 is 2.76 bits per heavy atom. The summed E-state index contributed by atoms with van der Waals surface area (Å²) < 4.78 is 2.23. The van der Waals surface area contributed by atoms with Crippen molar-refractivity contribution >= 4 is 0 Å². The lowest BCUT2D eigenvalue weighted by Gasteiger charge is -2.45. The molecule has 1 unspecified atom stereocenters. The summed E-state index contributed by atoms with van der Waals surface area (Å²) in [6.07, 6.45) is 3.95. The number of aryl methyl sites for hydroxylation is 1. The van der Waals surface area contributed by atoms with E-state index >= 15 is 0 Å². The van der Waals surface area contributed by atoms with Gasteiger partial charge in [0.05, 0.1) is 5.54 Å². The molecule has 0 radical (unpaired) electrons. The van der Waals surface area contributed by atoms with Crippen molar-refractivity contribution in [3.63, 3.8) is 0 Å². The Morgan fingerprint density at radius 1 is 1.24 bits per heavy atom. The number of imidazole rings is 1. The van der Waals surface area contributed by atoms with E-state index in [4.69, 9.17) is 0 Å². The molecule has 1 fully saturated rings. The molecule has 1 saturated heterocycles. The molecule has 0 aliphatic carbocycles. The summed E-state index contributed by atoms with van der Waals surface area (Å²) in [6, 6.07) is 10.8. The molecule has 4 heteroatoms. The molecule has 1 aromatic carbocycles. The van der Waals surface area contributed by atoms with E-state index in [0.717, 1.165) is 38.5 Å². The van der Waals surface area contributed by atoms with Crippen LogP contribution in [0.4, 0.5) is 0 Å². The van der Waals surface area contributed by atoms with Gasteiger partial charge in [0.1, 0.15) is 5.82 Å². The third kappa shape index (κ3) is 2.87. The molecule has 1 N–H and O–H groups in total. The first kappa shape index (κ1) is 14.3. The number of piperazine rings is 1. The molecule has 0 amide bonds. The summed E-state index contributed by atoms with van der Waals surface area (Å²) in [5.74, 6) is 1.09. The molecule has 0 spiro atoms. The maximum Gasteiger partial charge on any atom is 0.105 e. The first-order valence-corrected chi connectivity index (χ1v) is 7.69. The second-order valence-corrected chi connectivity index (χ2v) is 5.97. The topological polar surface area (TPSA) is 33.1 Å². The number of benzene rings is 1. The second kappa shape index (κ2) is 6.00. The first-order chi connectivity index (χ1) is 10.2. The Hall–Kier alpha value is -1.65. The zero-order valence-corrected chi connectivity index (χ0v) is 12.9. The third-order valence-electron chi connectivity index (χ3n) is 4.66. The van der Waals surface area contributed by atoms with E-state index in [0.29, 0.717) is 0 Å². The highest BCUT2D eigenvalue weighted by Crippen LogP contribution is 2.29. The number of hydrogen-bond acceptors (Lipinski definition) is 3. The summed E-state index contributed by atoms with van der Waals surface area (Å²) in [4.78, 5) is 6.90. The predicted octanol–water partition coefficient (Wildman–Crippen LogP) is 2.01. The predicted molar refractivity (Wildman–Crippen MR) is 85.2 cm³/mol. The van der Waals surface area contributed by atoms with Crippen LogP contribution < -0.4 is 5.32 Å². The molecular weight excluding hydrogens is 260 g/mol. The van der Waals surface area contributed by atoms with E-state index < -0.39 is 0 Å². The quantitative estimate of drug-likeness (QED) is 0.932. The van der Waals surface area contributed by atoms with Crippen LogP contribution in [-0.2, 0) is 12.1 Å². The zero-order valence-electron chi connectivity index (χ0n) is 12.9. The Labute approximate surface area is 126 Å². The van der Waals surface area contributed by atoms with Gasteiger partial charge in [-0.15, -0.1) is 0 Å². The van der Waals surface area contributed by atoms with E-state index in [1.165, 1.54) is 5.56 Å². The van der Waals surface area contributed by atoms with Gasteiger partial charge in [-0.1, -0.05) is 30.3 Å². The molecule has 21 heavy (non-hydrogen) atoms. The van der Waals surface area contributed by atoms with Crippen molar-refractivity contribution in [2.24, 2.45) is 0 Å². The monoisotopic (exact) mass is 284 g/mol. The van der Waals surface area contributed by atoms with E-state index in [2.05, 4.69) is 70.1 Å². The van der Waals surface area contributed by atoms with Gasteiger partial charge >= 0.3 is 0 Å². The van der Waals surface area contributed by atoms with Crippen molar-refractivity contribution in [1.29, 1.82) is 0 Å². The normalized spacial score (nSPS) is 23.3. The Kier molecular flexibility index (Phi) is 4.08. The van der Waals surface area contributed by atoms with Crippen LogP contribution in [0.5, 0.6) is 0 Å². The third-order valence-corrected chi connectivity index (χ3v) is 4.66. The van der Waals surface area contributed by atoms with E-state index in [-0.39, 0.29) is 5.54 Å². The standard InChI is InChI=1S/C17H24N4/c1-15-19-9-10-20(15)12-13-21-11-8-18-14-17(21,2)16-6-4-3-5-7-16/h3-7,9-10,18H,8,11-14H2,1-2H3. The van der Waals surface area contributed by atoms with Crippen molar-refractivity contribution < 1.29 is 0 Å². The van der Waals surface area contributed by atoms with Crippen molar-refractivity contribution in [3.05, 3.63) is 54.1 Å². The molecule has 2 aromatic rings. The van der Waals surface area contributed by atoms with Crippen LogP contribution in [0.1, 0.15) is 18.3 Å². The molecule has 3 rings (SSSR count). The molecule has 4 nitrogen and oxygen atoms in total. The van der Waals surface area contributed by atoms with E-state index in [9.17, 15) is 0 Å². The highest BCUT2D eigenvalue weighted by Gasteiger charge is 2.35. The Bertz CT molecular complexity index is 577. The lowest BCUT2D eigenvalue weighted by atomic mass is 9.88. The highest BCUT2D eigenvalue weighted by atomic mass is 15.3. The zero-order chi connectivity index (χ0) is 14.7. The largest absolute Gasteiger partial charge is 0.334 e. The SMILES string of the molecule is Cc1nccn1CCN1CCNCC1(C)c1ccccc1. The highest BCUT2D eigenvalue weighted by molar-refractivity contribution is 5.25. The van der Waals surface area contributed by atoms with Crippen LogP contribution in [0.25, 0.3) is 0 Å². The first-order valence-electron chi connectivity index (χ1n) is 7.69. The van der Waals surface area contributed by atoms with Crippen molar-refractivity contribution in [1.82, 2.24) is 19.8 Å². The maximum absolute atomic E-state index is 4.31. The second-order valence-electron chi connectivity index (χ2n) is 5.97. The van der Waals surface area contributed by atoms with Gasteiger partial charge in [-0.2, -0.15) is 0 Å². The van der Waals surface area contributed by atoms with Gasteiger partial charge in [-0.25, -0.2) is 4.98 Å². The molecule has 112 valence electrons. The van der Waals surface area contributed by atoms with Gasteiger partial charge < -0.3 is 9.88 Å². The van der Waals surface area contributed by atoms with Crippen molar-refractivity contribution in [3.8, 4) is 0 Å². The van der Waals surface area contributed by atoms with Gasteiger partial charge in [0.15, 0.2) is 0 Å². The number of hydrogen-bond donors (Lipinski definition) is 1. The fourth-order valence-electron chi connectivity index (χ4n) is 3.21. The smallest absolute Gasteiger partial charge is 0.105 e. The van der Waals surface area contributed by atoms with Gasteiger partial charge in [0, 0.05) is 45.1 Å². The fraction of sp³-hybridized carbons (Fsp3) is 0.471. The molecule has 1 aromatic heterocycles. The van der Waals surface area contributed by atoms with Crippen LogP contribution in [0.15, 0.2) is 42.7 Å². The minimum Gasteiger partial charge on any atom is -0.334 e. The summed E-state index contributed by atoms with van der Waals surface area (Å²) in [5.41, 5.74) is 1.45. The number of nitrogens with one attached hydrogen (secondary N) is 1. The summed E-state index contributed by atoms with van der Waals surface area (Å²) in [7, 11) is 0. The van der Waals surface area contributed by atoms with Crippen LogP contribution in [0.2, 0.25) is 0 Å². The van der Waals surface area contributed by atoms with E-state index in [1.807, 2.05) is 6.20 Å². The van der Waals surface area contributed by atoms with Gasteiger partial charge in [-0.3, -0.25) is 4.90 Å². The number of rotatable bonds is 4. The van der Waals surface area contributed by atoms with Crippen LogP contribution in [-0.4, -0.2) is 40.6 Å². The van der Waals surface area contributed by atoms with E-state index in [1.54, 1.807) is 0 Å². The molecule has 0 bridgehead atoms. The van der Waals surface area contributed by atoms with Crippen molar-refractivity contribution in [2.75, 3.05) is 26.2 Å². The maximum atomic E-state index is 4.31. The summed E-state index contributed by atoms with van der Waals surface area (Å²) in [6.45, 7) is 9.59. The molecule has 1 atom stereocenters. The lowest BCUT2D eigenvalue weighted by molar-refractivity contribution is 0.0691. The average Bonchev–Trinajstić information content (AvgIpc) is 2.93. The van der Waals surface area contributed by atoms with Gasteiger partial charge in [0.2, 0.25) is 0 Å². The summed E-state index contributed by atoms with van der Waals surface area (Å²) in [5, 5.41) is 3.55. The average molecular weight is 284 g/mol. The van der Waals surface area contributed by atoms with Crippen molar-refractivity contribution in [2.45, 2.75) is 25.9 Å². The fourth-order valence-corrected chi connectivity index (χ4v) is 3.21. The summed E-state index contributed by atoms with van der Waals surface area (Å²) >= 11 is 0. The minimum atomic E-state index is 0.0635. The van der Waals surface area contributed by atoms with Crippen LogP contribution >= 0.6 is 0 Å². The number of nitrogens with zero attached hydrogens (tertiary/aromatic N) is 3. The van der Waals surface area contributed by atoms with Crippen LogP contribution in [0, 0.1) is 6.92 Å². The molecule has 1 aliphatic rings. The molecule has 2 heterocycles. The van der Waals surface area contributed by atoms with Crippen LogP contribution in [0.3, 0.4) is 0 Å². The Morgan fingerprint density at radius 2 is 2.05 bits per heavy atom. The van der Waals surface area contributed by atoms with Gasteiger partial charge in [-0.05, 0) is 19.4 Å². The number of aromatic nitrogens is 2. The Balaban J connectivity index is 1.77. The van der Waals surface area contributed by atoms with Gasteiger partial charge in [0.25, 0.3) is 0 Å². The molecule has 1 aliphatic heterocycles. The lowest BCUT2D eigenvalue weighted by Crippen LogP contribution is -2.58. The minimum absolute atomic E-state index is 0.0635.